The molecular formula is C14H26. The van der Waals surface area contributed by atoms with Crippen molar-refractivity contribution in [1.82, 2.24) is 0 Å². The van der Waals surface area contributed by atoms with Crippen LogP contribution in [-0.2, 0) is 0 Å². The molecule has 0 spiro atoms. The molecule has 0 nitrogen and oxygen atoms in total. The molecule has 0 N–H and O–H groups in total. The minimum atomic E-state index is 0.811. The lowest BCUT2D eigenvalue weighted by atomic mass is 9.88. The smallest absolute Gasteiger partial charge is 0.0292 e. The molecule has 0 amide bonds. The van der Waals surface area contributed by atoms with Crippen LogP contribution in [0.1, 0.15) is 53.9 Å². The second kappa shape index (κ2) is 7.84. The Labute approximate surface area is 90.1 Å². The summed E-state index contributed by atoms with van der Waals surface area (Å²) >= 11 is 0. The molecule has 0 aliphatic carbocycles. The topological polar surface area (TPSA) is 0 Å². The first-order valence-corrected chi connectivity index (χ1v) is 5.94. The van der Waals surface area contributed by atoms with E-state index in [0.29, 0.717) is 0 Å². The van der Waals surface area contributed by atoms with Crippen LogP contribution in [-0.4, -0.2) is 0 Å². The Kier molecular flexibility index (Phi) is 7.55. The van der Waals surface area contributed by atoms with E-state index in [4.69, 9.17) is 0 Å². The van der Waals surface area contributed by atoms with Crippen molar-refractivity contribution in [2.45, 2.75) is 53.9 Å². The third-order valence-corrected chi connectivity index (χ3v) is 3.01. The van der Waals surface area contributed by atoms with Crippen LogP contribution in [0.4, 0.5) is 0 Å². The molecule has 0 saturated carbocycles. The van der Waals surface area contributed by atoms with Crippen LogP contribution in [0.3, 0.4) is 0 Å². The van der Waals surface area contributed by atoms with Crippen molar-refractivity contribution in [3.8, 4) is 0 Å². The van der Waals surface area contributed by atoms with Gasteiger partial charge in [0.25, 0.3) is 0 Å². The second-order valence-electron chi connectivity index (χ2n) is 4.42. The van der Waals surface area contributed by atoms with Crippen LogP contribution in [0.25, 0.3) is 0 Å². The van der Waals surface area contributed by atoms with E-state index in [-0.39, 0.29) is 0 Å². The molecule has 0 rings (SSSR count). The highest BCUT2D eigenvalue weighted by Gasteiger charge is 2.09. The summed E-state index contributed by atoms with van der Waals surface area (Å²) in [6, 6.07) is 0. The lowest BCUT2D eigenvalue weighted by Gasteiger charge is -2.18. The summed E-state index contributed by atoms with van der Waals surface area (Å²) in [5, 5.41) is 0. The van der Waals surface area contributed by atoms with Crippen molar-refractivity contribution in [1.29, 1.82) is 0 Å². The van der Waals surface area contributed by atoms with Crippen molar-refractivity contribution < 1.29 is 0 Å². The lowest BCUT2D eigenvalue weighted by molar-refractivity contribution is 0.374. The Balaban J connectivity index is 3.97. The Bertz CT molecular complexity index is 186. The first-order valence-electron chi connectivity index (χ1n) is 5.94. The van der Waals surface area contributed by atoms with Gasteiger partial charge >= 0.3 is 0 Å². The van der Waals surface area contributed by atoms with E-state index >= 15 is 0 Å². The molecule has 2 unspecified atom stereocenters. The van der Waals surface area contributed by atoms with E-state index in [1.807, 2.05) is 0 Å². The zero-order valence-electron chi connectivity index (χ0n) is 10.5. The van der Waals surface area contributed by atoms with Crippen LogP contribution in [0.5, 0.6) is 0 Å². The predicted octanol–water partition coefficient (Wildman–Crippen LogP) is 4.97. The number of allylic oxidation sites excluding steroid dienone is 4. The highest BCUT2D eigenvalue weighted by molar-refractivity contribution is 5.10. The molecule has 0 saturated heterocycles. The molecular weight excluding hydrogens is 168 g/mol. The van der Waals surface area contributed by atoms with Gasteiger partial charge in [0.1, 0.15) is 0 Å². The van der Waals surface area contributed by atoms with Crippen LogP contribution >= 0.6 is 0 Å². The lowest BCUT2D eigenvalue weighted by Crippen LogP contribution is -2.06. The van der Waals surface area contributed by atoms with Gasteiger partial charge in [0.15, 0.2) is 0 Å². The molecule has 0 radical (unpaired) electrons. The fourth-order valence-corrected chi connectivity index (χ4v) is 1.55. The van der Waals surface area contributed by atoms with Gasteiger partial charge < -0.3 is 0 Å². The molecule has 0 fully saturated rings. The largest absolute Gasteiger partial charge is 0.0848 e. The van der Waals surface area contributed by atoms with Crippen molar-refractivity contribution in [2.75, 3.05) is 0 Å². The Hall–Kier alpha value is -0.520. The number of hydrogen-bond donors (Lipinski definition) is 0. The summed E-state index contributed by atoms with van der Waals surface area (Å²) in [6.45, 7) is 11.4. The van der Waals surface area contributed by atoms with Crippen LogP contribution in [0.15, 0.2) is 23.8 Å². The maximum Gasteiger partial charge on any atom is -0.0292 e. The van der Waals surface area contributed by atoms with Gasteiger partial charge in [-0.3, -0.25) is 0 Å². The predicted molar refractivity (Wildman–Crippen MR) is 66.4 cm³/mol. The molecule has 0 aromatic rings. The highest BCUT2D eigenvalue weighted by Crippen LogP contribution is 2.21. The maximum absolute atomic E-state index is 2.36. The molecule has 2 atom stereocenters. The third kappa shape index (κ3) is 6.01. The fourth-order valence-electron chi connectivity index (χ4n) is 1.55. The summed E-state index contributed by atoms with van der Waals surface area (Å²) < 4.78 is 0. The van der Waals surface area contributed by atoms with Crippen molar-refractivity contribution >= 4 is 0 Å². The summed E-state index contributed by atoms with van der Waals surface area (Å²) in [5.41, 5.74) is 1.50. The number of rotatable bonds is 6. The summed E-state index contributed by atoms with van der Waals surface area (Å²) in [6.07, 6.45) is 10.3. The average molecular weight is 194 g/mol. The molecule has 0 aromatic heterocycles. The molecule has 14 heavy (non-hydrogen) atoms. The molecule has 0 bridgehead atoms. The summed E-state index contributed by atoms with van der Waals surface area (Å²) in [5.74, 6) is 1.65. The van der Waals surface area contributed by atoms with Gasteiger partial charge in [-0.2, -0.15) is 0 Å². The van der Waals surface area contributed by atoms with Gasteiger partial charge in [-0.25, -0.2) is 0 Å². The standard InChI is InChI=1S/C14H26/c1-6-8-9-10-12(3)11-14(5)13(4)7-2/h8-10,13-14H,6-7,11H2,1-5H3. The third-order valence-electron chi connectivity index (χ3n) is 3.01. The normalized spacial score (nSPS) is 17.4. The minimum absolute atomic E-state index is 0.811. The van der Waals surface area contributed by atoms with Crippen molar-refractivity contribution in [2.24, 2.45) is 11.8 Å². The molecule has 82 valence electrons. The molecule has 0 aliphatic heterocycles. The molecule has 0 heterocycles. The fraction of sp³-hybridized carbons (Fsp3) is 0.714. The molecule has 0 heteroatoms. The van der Waals surface area contributed by atoms with Crippen LogP contribution in [0.2, 0.25) is 0 Å². The van der Waals surface area contributed by atoms with E-state index in [0.717, 1.165) is 18.3 Å². The highest BCUT2D eigenvalue weighted by atomic mass is 14.1. The Morgan fingerprint density at radius 2 is 1.79 bits per heavy atom. The van der Waals surface area contributed by atoms with Crippen molar-refractivity contribution in [3.05, 3.63) is 23.8 Å². The van der Waals surface area contributed by atoms with Gasteiger partial charge in [0.2, 0.25) is 0 Å². The van der Waals surface area contributed by atoms with E-state index in [1.54, 1.807) is 0 Å². The van der Waals surface area contributed by atoms with Gasteiger partial charge in [-0.1, -0.05) is 57.9 Å². The first-order chi connectivity index (χ1) is 6.61. The average Bonchev–Trinajstić information content (AvgIpc) is 2.16. The summed E-state index contributed by atoms with van der Waals surface area (Å²) in [4.78, 5) is 0. The number of hydrogen-bond acceptors (Lipinski definition) is 0. The van der Waals surface area contributed by atoms with Gasteiger partial charge in [0.05, 0.1) is 0 Å². The van der Waals surface area contributed by atoms with Crippen LogP contribution < -0.4 is 0 Å². The zero-order chi connectivity index (χ0) is 11.0. The first kappa shape index (κ1) is 13.5. The molecule has 0 aliphatic rings. The van der Waals surface area contributed by atoms with E-state index in [2.05, 4.69) is 52.8 Å². The molecule has 0 aromatic carbocycles. The maximum atomic E-state index is 2.36. The minimum Gasteiger partial charge on any atom is -0.0848 e. The Morgan fingerprint density at radius 3 is 2.29 bits per heavy atom. The Morgan fingerprint density at radius 1 is 1.14 bits per heavy atom. The second-order valence-corrected chi connectivity index (χ2v) is 4.42. The van der Waals surface area contributed by atoms with Crippen LogP contribution in [0, 0.1) is 11.8 Å². The monoisotopic (exact) mass is 194 g/mol. The SMILES string of the molecule is CCC=CC=C(C)CC(C)C(C)CC. The summed E-state index contributed by atoms with van der Waals surface area (Å²) in [7, 11) is 0. The van der Waals surface area contributed by atoms with Gasteiger partial charge in [-0.05, 0) is 31.6 Å². The van der Waals surface area contributed by atoms with Crippen molar-refractivity contribution in [3.63, 3.8) is 0 Å². The van der Waals surface area contributed by atoms with E-state index < -0.39 is 0 Å². The van der Waals surface area contributed by atoms with E-state index in [9.17, 15) is 0 Å². The quantitative estimate of drug-likeness (QED) is 0.524. The van der Waals surface area contributed by atoms with E-state index in [1.165, 1.54) is 18.4 Å². The zero-order valence-corrected chi connectivity index (χ0v) is 10.5. The van der Waals surface area contributed by atoms with Gasteiger partial charge in [-0.15, -0.1) is 0 Å². The van der Waals surface area contributed by atoms with Gasteiger partial charge in [0, 0.05) is 0 Å².